The molecule has 2 aromatic rings. The van der Waals surface area contributed by atoms with Crippen LogP contribution in [-0.2, 0) is 4.79 Å². The molecule has 2 saturated heterocycles. The number of pyridine rings is 1. The summed E-state index contributed by atoms with van der Waals surface area (Å²) in [5.74, 6) is -1.09. The number of rotatable bonds is 3. The van der Waals surface area contributed by atoms with E-state index in [9.17, 15) is 13.6 Å². The number of likely N-dealkylation sites (tertiary alicyclic amines) is 1. The first-order valence-corrected chi connectivity index (χ1v) is 9.10. The van der Waals surface area contributed by atoms with Gasteiger partial charge in [0, 0.05) is 49.5 Å². The zero-order valence-corrected chi connectivity index (χ0v) is 14.6. The van der Waals surface area contributed by atoms with Gasteiger partial charge >= 0.3 is 0 Å². The highest BCUT2D eigenvalue weighted by Crippen LogP contribution is 2.28. The standard InChI is InChI=1S/C19H22F2N4O/c20-14-11-15-17(3-4-22-19(15)16(21)12-14)24-7-9-25(10-8-24)18(26)13-23-5-1-2-6-23/h3-4,11-12H,1-2,5-10,13H2. The first-order chi connectivity index (χ1) is 12.6. The van der Waals surface area contributed by atoms with Crippen LogP contribution in [0, 0.1) is 11.6 Å². The Kier molecular flexibility index (Phi) is 4.72. The van der Waals surface area contributed by atoms with Gasteiger partial charge < -0.3 is 9.80 Å². The van der Waals surface area contributed by atoms with Crippen molar-refractivity contribution < 1.29 is 13.6 Å². The number of hydrogen-bond donors (Lipinski definition) is 0. The van der Waals surface area contributed by atoms with E-state index < -0.39 is 11.6 Å². The molecule has 2 fully saturated rings. The second-order valence-corrected chi connectivity index (χ2v) is 6.96. The molecule has 1 aromatic carbocycles. The molecule has 138 valence electrons. The molecule has 4 rings (SSSR count). The van der Waals surface area contributed by atoms with Gasteiger partial charge in [-0.3, -0.25) is 14.7 Å². The van der Waals surface area contributed by atoms with Crippen molar-refractivity contribution in [1.29, 1.82) is 0 Å². The van der Waals surface area contributed by atoms with Gasteiger partial charge in [0.1, 0.15) is 11.3 Å². The van der Waals surface area contributed by atoms with Gasteiger partial charge in [0.25, 0.3) is 0 Å². The minimum Gasteiger partial charge on any atom is -0.367 e. The van der Waals surface area contributed by atoms with Crippen molar-refractivity contribution in [3.63, 3.8) is 0 Å². The van der Waals surface area contributed by atoms with Gasteiger partial charge in [-0.15, -0.1) is 0 Å². The van der Waals surface area contributed by atoms with Crippen LogP contribution in [0.1, 0.15) is 12.8 Å². The van der Waals surface area contributed by atoms with Crippen molar-refractivity contribution in [3.05, 3.63) is 36.0 Å². The van der Waals surface area contributed by atoms with Gasteiger partial charge in [-0.1, -0.05) is 0 Å². The maximum absolute atomic E-state index is 14.0. The number of aromatic nitrogens is 1. The Morgan fingerprint density at radius 2 is 1.77 bits per heavy atom. The molecule has 0 N–H and O–H groups in total. The van der Waals surface area contributed by atoms with Gasteiger partial charge in [0.15, 0.2) is 5.82 Å². The summed E-state index contributed by atoms with van der Waals surface area (Å²) in [7, 11) is 0. The highest BCUT2D eigenvalue weighted by molar-refractivity contribution is 5.92. The highest BCUT2D eigenvalue weighted by atomic mass is 19.1. The van der Waals surface area contributed by atoms with Crippen LogP contribution in [0.4, 0.5) is 14.5 Å². The second kappa shape index (κ2) is 7.15. The van der Waals surface area contributed by atoms with Crippen molar-refractivity contribution in [3.8, 4) is 0 Å². The van der Waals surface area contributed by atoms with Gasteiger partial charge in [0.2, 0.25) is 5.91 Å². The van der Waals surface area contributed by atoms with Crippen molar-refractivity contribution in [1.82, 2.24) is 14.8 Å². The monoisotopic (exact) mass is 360 g/mol. The molecule has 2 aliphatic rings. The molecule has 0 atom stereocenters. The average Bonchev–Trinajstić information content (AvgIpc) is 3.14. The Morgan fingerprint density at radius 3 is 2.50 bits per heavy atom. The van der Waals surface area contributed by atoms with Crippen LogP contribution in [0.15, 0.2) is 24.4 Å². The van der Waals surface area contributed by atoms with Crippen LogP contribution < -0.4 is 4.90 Å². The van der Waals surface area contributed by atoms with E-state index in [0.29, 0.717) is 38.1 Å². The number of fused-ring (bicyclic) bond motifs is 1. The topological polar surface area (TPSA) is 39.7 Å². The van der Waals surface area contributed by atoms with E-state index >= 15 is 0 Å². The molecule has 7 heteroatoms. The Hall–Kier alpha value is -2.28. The Bertz CT molecular complexity index is 815. The molecule has 0 unspecified atom stereocenters. The number of halogens is 2. The van der Waals surface area contributed by atoms with E-state index in [-0.39, 0.29) is 11.4 Å². The minimum absolute atomic E-state index is 0.170. The first-order valence-electron chi connectivity index (χ1n) is 9.10. The quantitative estimate of drug-likeness (QED) is 0.842. The normalized spacial score (nSPS) is 18.7. The lowest BCUT2D eigenvalue weighted by molar-refractivity contribution is -0.132. The fourth-order valence-electron chi connectivity index (χ4n) is 3.87. The molecule has 0 saturated carbocycles. The summed E-state index contributed by atoms with van der Waals surface area (Å²) < 4.78 is 27.6. The number of hydrogen-bond acceptors (Lipinski definition) is 4. The summed E-state index contributed by atoms with van der Waals surface area (Å²) in [4.78, 5) is 22.7. The number of piperazine rings is 1. The van der Waals surface area contributed by atoms with Crippen molar-refractivity contribution in [2.75, 3.05) is 50.7 Å². The number of anilines is 1. The number of carbonyl (C=O) groups excluding carboxylic acids is 1. The van der Waals surface area contributed by atoms with Crippen LogP contribution >= 0.6 is 0 Å². The lowest BCUT2D eigenvalue weighted by Gasteiger charge is -2.37. The fourth-order valence-corrected chi connectivity index (χ4v) is 3.87. The number of carbonyl (C=O) groups is 1. The molecule has 1 aromatic heterocycles. The van der Waals surface area contributed by atoms with Crippen LogP contribution in [0.5, 0.6) is 0 Å². The summed E-state index contributed by atoms with van der Waals surface area (Å²) in [6, 6.07) is 3.96. The number of nitrogens with zero attached hydrogens (tertiary/aromatic N) is 4. The maximum Gasteiger partial charge on any atom is 0.236 e. The van der Waals surface area contributed by atoms with Crippen LogP contribution in [0.25, 0.3) is 10.9 Å². The lowest BCUT2D eigenvalue weighted by atomic mass is 10.1. The summed E-state index contributed by atoms with van der Waals surface area (Å²) in [6.45, 7) is 5.03. The molecule has 3 heterocycles. The molecule has 5 nitrogen and oxygen atoms in total. The second-order valence-electron chi connectivity index (χ2n) is 6.96. The fraction of sp³-hybridized carbons (Fsp3) is 0.474. The van der Waals surface area contributed by atoms with E-state index in [1.165, 1.54) is 18.9 Å². The predicted octanol–water partition coefficient (Wildman–Crippen LogP) is 2.26. The lowest BCUT2D eigenvalue weighted by Crippen LogP contribution is -2.51. The van der Waals surface area contributed by atoms with Gasteiger partial charge in [-0.25, -0.2) is 8.78 Å². The van der Waals surface area contributed by atoms with Crippen LogP contribution in [-0.4, -0.2) is 66.5 Å². The van der Waals surface area contributed by atoms with E-state index in [1.807, 2.05) is 4.90 Å². The third-order valence-corrected chi connectivity index (χ3v) is 5.27. The summed E-state index contributed by atoms with van der Waals surface area (Å²) >= 11 is 0. The SMILES string of the molecule is O=C(CN1CCCC1)N1CCN(c2ccnc3c(F)cc(F)cc23)CC1. The first kappa shape index (κ1) is 17.1. The molecule has 2 aliphatic heterocycles. The van der Waals surface area contributed by atoms with Crippen molar-refractivity contribution in [2.45, 2.75) is 12.8 Å². The van der Waals surface area contributed by atoms with E-state index in [1.54, 1.807) is 12.3 Å². The van der Waals surface area contributed by atoms with Crippen LogP contribution in [0.3, 0.4) is 0 Å². The average molecular weight is 360 g/mol. The van der Waals surface area contributed by atoms with Crippen molar-refractivity contribution >= 4 is 22.5 Å². The van der Waals surface area contributed by atoms with E-state index in [2.05, 4.69) is 14.8 Å². The summed E-state index contributed by atoms with van der Waals surface area (Å²) in [5, 5.41) is 0.474. The summed E-state index contributed by atoms with van der Waals surface area (Å²) in [6.07, 6.45) is 3.89. The zero-order chi connectivity index (χ0) is 18.1. The largest absolute Gasteiger partial charge is 0.367 e. The Labute approximate surface area is 151 Å². The van der Waals surface area contributed by atoms with E-state index in [0.717, 1.165) is 24.8 Å². The van der Waals surface area contributed by atoms with Crippen molar-refractivity contribution in [2.24, 2.45) is 0 Å². The van der Waals surface area contributed by atoms with Gasteiger partial charge in [-0.05, 0) is 38.1 Å². The molecule has 0 spiro atoms. The molecule has 26 heavy (non-hydrogen) atoms. The minimum atomic E-state index is -0.652. The molecular formula is C19H22F2N4O. The third kappa shape index (κ3) is 3.35. The smallest absolute Gasteiger partial charge is 0.236 e. The highest BCUT2D eigenvalue weighted by Gasteiger charge is 2.25. The molecular weight excluding hydrogens is 338 g/mol. The molecule has 0 bridgehead atoms. The molecule has 1 amide bonds. The predicted molar refractivity (Wildman–Crippen MR) is 96.1 cm³/mol. The van der Waals surface area contributed by atoms with Crippen LogP contribution in [0.2, 0.25) is 0 Å². The number of benzene rings is 1. The Balaban J connectivity index is 1.46. The van der Waals surface area contributed by atoms with Gasteiger partial charge in [-0.2, -0.15) is 0 Å². The Morgan fingerprint density at radius 1 is 1.04 bits per heavy atom. The molecule has 0 radical (unpaired) electrons. The maximum atomic E-state index is 14.0. The van der Waals surface area contributed by atoms with E-state index in [4.69, 9.17) is 0 Å². The zero-order valence-electron chi connectivity index (χ0n) is 14.6. The number of amides is 1. The van der Waals surface area contributed by atoms with Gasteiger partial charge in [0.05, 0.1) is 6.54 Å². The third-order valence-electron chi connectivity index (χ3n) is 5.27. The summed E-state index contributed by atoms with van der Waals surface area (Å²) in [5.41, 5.74) is 0.941. The molecule has 0 aliphatic carbocycles.